The molecule has 0 spiro atoms. The van der Waals surface area contributed by atoms with Gasteiger partial charge >= 0.3 is 0 Å². The van der Waals surface area contributed by atoms with Gasteiger partial charge in [0, 0.05) is 25.2 Å². The number of nitrogens with two attached hydrogens (primary N) is 2. The van der Waals surface area contributed by atoms with E-state index < -0.39 is 10.0 Å². The molecule has 1 aromatic carbocycles. The van der Waals surface area contributed by atoms with Gasteiger partial charge in [0.1, 0.15) is 0 Å². The quantitative estimate of drug-likeness (QED) is 0.791. The minimum atomic E-state index is -3.50. The maximum atomic E-state index is 12.4. The van der Waals surface area contributed by atoms with Crippen LogP contribution in [-0.4, -0.2) is 31.7 Å². The fourth-order valence-electron chi connectivity index (χ4n) is 2.46. The van der Waals surface area contributed by atoms with E-state index >= 15 is 0 Å². The van der Waals surface area contributed by atoms with Gasteiger partial charge in [0.25, 0.3) is 0 Å². The summed E-state index contributed by atoms with van der Waals surface area (Å²) < 4.78 is 26.3. The number of piperidine rings is 1. The second-order valence-electron chi connectivity index (χ2n) is 5.09. The summed E-state index contributed by atoms with van der Waals surface area (Å²) in [5.74, 6) is -0.151. The van der Waals surface area contributed by atoms with Crippen molar-refractivity contribution in [2.75, 3.05) is 18.8 Å². The number of nitrogens with zero attached hydrogens (tertiary/aromatic N) is 1. The van der Waals surface area contributed by atoms with Crippen molar-refractivity contribution in [2.45, 2.75) is 24.2 Å². The van der Waals surface area contributed by atoms with Crippen molar-refractivity contribution < 1.29 is 13.2 Å². The van der Waals surface area contributed by atoms with Crippen LogP contribution in [0, 0.1) is 5.92 Å². The van der Waals surface area contributed by atoms with Gasteiger partial charge in [0.05, 0.1) is 4.90 Å². The highest BCUT2D eigenvalue weighted by Gasteiger charge is 2.29. The maximum Gasteiger partial charge on any atom is 0.243 e. The van der Waals surface area contributed by atoms with Crippen molar-refractivity contribution in [3.8, 4) is 0 Å². The Hall–Kier alpha value is -1.60. The average molecular weight is 297 g/mol. The lowest BCUT2D eigenvalue weighted by molar-refractivity contribution is -0.119. The lowest BCUT2D eigenvalue weighted by Gasteiger charge is -2.30. The highest BCUT2D eigenvalue weighted by Crippen LogP contribution is 2.26. The zero-order valence-corrected chi connectivity index (χ0v) is 12.0. The molecule has 1 amide bonds. The number of amides is 1. The normalized spacial score (nSPS) is 18.0. The van der Waals surface area contributed by atoms with E-state index in [0.717, 1.165) is 0 Å². The Morgan fingerprint density at radius 3 is 2.50 bits per heavy atom. The topological polar surface area (TPSA) is 106 Å². The molecule has 0 bridgehead atoms. The maximum absolute atomic E-state index is 12.4. The van der Waals surface area contributed by atoms with E-state index in [1.165, 1.54) is 10.4 Å². The smallest absolute Gasteiger partial charge is 0.243 e. The van der Waals surface area contributed by atoms with Crippen LogP contribution in [0.1, 0.15) is 19.3 Å². The van der Waals surface area contributed by atoms with Gasteiger partial charge in [-0.1, -0.05) is 6.07 Å². The zero-order valence-electron chi connectivity index (χ0n) is 11.2. The molecule has 1 aliphatic heterocycles. The number of carbonyl (C=O) groups is 1. The summed E-state index contributed by atoms with van der Waals surface area (Å²) in [6, 6.07) is 6.28. The summed E-state index contributed by atoms with van der Waals surface area (Å²) in [6.45, 7) is 0.824. The van der Waals surface area contributed by atoms with Crippen LogP contribution in [0.4, 0.5) is 5.69 Å². The van der Waals surface area contributed by atoms with E-state index in [4.69, 9.17) is 11.5 Å². The molecule has 0 radical (unpaired) electrons. The summed E-state index contributed by atoms with van der Waals surface area (Å²) in [4.78, 5) is 11.1. The molecule has 7 heteroatoms. The third-order valence-electron chi connectivity index (χ3n) is 3.56. The minimum Gasteiger partial charge on any atom is -0.399 e. The first-order chi connectivity index (χ1) is 9.39. The van der Waals surface area contributed by atoms with Crippen LogP contribution in [0.25, 0.3) is 0 Å². The summed E-state index contributed by atoms with van der Waals surface area (Å²) in [6.07, 6.45) is 1.64. The average Bonchev–Trinajstić information content (AvgIpc) is 2.38. The molecule has 20 heavy (non-hydrogen) atoms. The Labute approximate surface area is 118 Å². The molecule has 0 unspecified atom stereocenters. The Balaban J connectivity index is 2.08. The number of hydrogen-bond donors (Lipinski definition) is 2. The molecule has 4 N–H and O–H groups in total. The molecule has 1 aliphatic rings. The van der Waals surface area contributed by atoms with E-state index in [1.807, 2.05) is 0 Å². The van der Waals surface area contributed by atoms with Crippen molar-refractivity contribution in [1.82, 2.24) is 4.31 Å². The number of sulfonamides is 1. The largest absolute Gasteiger partial charge is 0.399 e. The highest BCUT2D eigenvalue weighted by molar-refractivity contribution is 7.89. The van der Waals surface area contributed by atoms with Crippen molar-refractivity contribution >= 4 is 21.6 Å². The molecule has 110 valence electrons. The molecule has 1 aromatic rings. The van der Waals surface area contributed by atoms with Gasteiger partial charge in [-0.3, -0.25) is 4.79 Å². The van der Waals surface area contributed by atoms with Gasteiger partial charge in [0.2, 0.25) is 15.9 Å². The van der Waals surface area contributed by atoms with E-state index in [9.17, 15) is 13.2 Å². The van der Waals surface area contributed by atoms with Crippen molar-refractivity contribution in [3.63, 3.8) is 0 Å². The van der Waals surface area contributed by atoms with E-state index in [0.29, 0.717) is 38.0 Å². The van der Waals surface area contributed by atoms with Gasteiger partial charge in [-0.2, -0.15) is 4.31 Å². The van der Waals surface area contributed by atoms with E-state index in [1.54, 1.807) is 18.2 Å². The van der Waals surface area contributed by atoms with Crippen LogP contribution in [0.3, 0.4) is 0 Å². The third kappa shape index (κ3) is 3.29. The Kier molecular flexibility index (Phi) is 4.29. The summed E-state index contributed by atoms with van der Waals surface area (Å²) in [7, 11) is -3.50. The van der Waals surface area contributed by atoms with Crippen molar-refractivity contribution in [3.05, 3.63) is 24.3 Å². The fraction of sp³-hybridized carbons (Fsp3) is 0.462. The first-order valence-corrected chi connectivity index (χ1v) is 7.97. The number of benzene rings is 1. The molecular formula is C13H19N3O3S. The fourth-order valence-corrected chi connectivity index (χ4v) is 3.99. The highest BCUT2D eigenvalue weighted by atomic mass is 32.2. The van der Waals surface area contributed by atoms with Crippen molar-refractivity contribution in [2.24, 2.45) is 11.7 Å². The summed E-state index contributed by atoms with van der Waals surface area (Å²) in [5.41, 5.74) is 11.2. The summed E-state index contributed by atoms with van der Waals surface area (Å²) >= 11 is 0. The predicted octanol–water partition coefficient (Wildman–Crippen LogP) is 0.545. The predicted molar refractivity (Wildman–Crippen MR) is 76.1 cm³/mol. The van der Waals surface area contributed by atoms with Gasteiger partial charge < -0.3 is 11.5 Å². The molecule has 2 rings (SSSR count). The lowest BCUT2D eigenvalue weighted by Crippen LogP contribution is -2.39. The van der Waals surface area contributed by atoms with E-state index in [2.05, 4.69) is 0 Å². The Morgan fingerprint density at radius 1 is 1.30 bits per heavy atom. The second kappa shape index (κ2) is 5.80. The van der Waals surface area contributed by atoms with Gasteiger partial charge in [0.15, 0.2) is 0 Å². The standard InChI is InChI=1S/C13H19N3O3S/c14-11-2-1-3-12(9-11)20(18,19)16-6-4-10(5-7-16)8-13(15)17/h1-3,9-10H,4-8,14H2,(H2,15,17). The Morgan fingerprint density at radius 2 is 1.95 bits per heavy atom. The van der Waals surface area contributed by atoms with Crippen molar-refractivity contribution in [1.29, 1.82) is 0 Å². The number of anilines is 1. The van der Waals surface area contributed by atoms with Crippen LogP contribution in [-0.2, 0) is 14.8 Å². The molecule has 1 fully saturated rings. The van der Waals surface area contributed by atoms with Gasteiger partial charge in [-0.15, -0.1) is 0 Å². The number of nitrogen functional groups attached to an aromatic ring is 1. The molecular weight excluding hydrogens is 278 g/mol. The number of hydrogen-bond acceptors (Lipinski definition) is 4. The monoisotopic (exact) mass is 297 g/mol. The summed E-state index contributed by atoms with van der Waals surface area (Å²) in [5, 5.41) is 0. The van der Waals surface area contributed by atoms with Crippen LogP contribution < -0.4 is 11.5 Å². The Bertz CT molecular complexity index is 593. The SMILES string of the molecule is NC(=O)CC1CCN(S(=O)(=O)c2cccc(N)c2)CC1. The number of rotatable bonds is 4. The molecule has 1 heterocycles. The molecule has 0 atom stereocenters. The van der Waals surface area contributed by atoms with Crippen LogP contribution in [0.15, 0.2) is 29.2 Å². The number of primary amides is 1. The first kappa shape index (κ1) is 14.8. The minimum absolute atomic E-state index is 0.180. The second-order valence-corrected chi connectivity index (χ2v) is 7.03. The third-order valence-corrected chi connectivity index (χ3v) is 5.45. The molecule has 0 aromatic heterocycles. The molecule has 0 aliphatic carbocycles. The molecule has 1 saturated heterocycles. The van der Waals surface area contributed by atoms with Crippen LogP contribution >= 0.6 is 0 Å². The van der Waals surface area contributed by atoms with Crippen LogP contribution in [0.2, 0.25) is 0 Å². The van der Waals surface area contributed by atoms with Gasteiger partial charge in [-0.25, -0.2) is 8.42 Å². The zero-order chi connectivity index (χ0) is 14.8. The molecule has 6 nitrogen and oxygen atoms in total. The van der Waals surface area contributed by atoms with Crippen LogP contribution in [0.5, 0.6) is 0 Å². The van der Waals surface area contributed by atoms with Gasteiger partial charge in [-0.05, 0) is 37.0 Å². The molecule has 0 saturated carbocycles. The van der Waals surface area contributed by atoms with E-state index in [-0.39, 0.29) is 16.7 Å². The lowest BCUT2D eigenvalue weighted by atomic mass is 9.94. The first-order valence-electron chi connectivity index (χ1n) is 6.53. The number of carbonyl (C=O) groups excluding carboxylic acids is 1.